The van der Waals surface area contributed by atoms with Gasteiger partial charge in [0, 0.05) is 30.7 Å². The molecule has 6 nitrogen and oxygen atoms in total. The Morgan fingerprint density at radius 3 is 2.48 bits per heavy atom. The van der Waals surface area contributed by atoms with E-state index < -0.39 is 10.0 Å². The van der Waals surface area contributed by atoms with Crippen molar-refractivity contribution in [2.45, 2.75) is 12.8 Å². The number of benzene rings is 1. The van der Waals surface area contributed by atoms with Gasteiger partial charge in [-0.25, -0.2) is 8.42 Å². The minimum Gasteiger partial charge on any atom is -0.381 e. The number of carbonyl (C=O) groups is 1. The molecule has 0 radical (unpaired) electrons. The van der Waals surface area contributed by atoms with E-state index in [1.807, 2.05) is 0 Å². The summed E-state index contributed by atoms with van der Waals surface area (Å²) in [7, 11) is -3.43. The molecule has 1 aliphatic rings. The van der Waals surface area contributed by atoms with Gasteiger partial charge in [-0.1, -0.05) is 11.6 Å². The van der Waals surface area contributed by atoms with E-state index in [9.17, 15) is 13.2 Å². The molecule has 0 saturated carbocycles. The van der Waals surface area contributed by atoms with E-state index in [1.165, 1.54) is 4.31 Å². The van der Waals surface area contributed by atoms with Gasteiger partial charge in [-0.2, -0.15) is 0 Å². The second-order valence-electron chi connectivity index (χ2n) is 5.49. The normalized spacial score (nSPS) is 16.1. The zero-order chi connectivity index (χ0) is 16.9. The molecule has 1 aromatic carbocycles. The molecule has 0 spiro atoms. The highest BCUT2D eigenvalue weighted by molar-refractivity contribution is 7.92. The molecule has 128 valence electrons. The van der Waals surface area contributed by atoms with Gasteiger partial charge < -0.3 is 10.1 Å². The van der Waals surface area contributed by atoms with Crippen LogP contribution in [-0.2, 0) is 19.6 Å². The van der Waals surface area contributed by atoms with Crippen molar-refractivity contribution in [1.82, 2.24) is 5.32 Å². The summed E-state index contributed by atoms with van der Waals surface area (Å²) in [5, 5.41) is 3.35. The van der Waals surface area contributed by atoms with Gasteiger partial charge in [-0.15, -0.1) is 0 Å². The van der Waals surface area contributed by atoms with Gasteiger partial charge in [-0.05, 0) is 37.1 Å². The van der Waals surface area contributed by atoms with Crippen molar-refractivity contribution in [3.05, 3.63) is 29.3 Å². The molecule has 1 N–H and O–H groups in total. The average molecular weight is 361 g/mol. The fraction of sp³-hybridized carbons (Fsp3) is 0.533. The average Bonchev–Trinajstić information content (AvgIpc) is 2.52. The van der Waals surface area contributed by atoms with Crippen LogP contribution in [0.3, 0.4) is 0 Å². The minimum atomic E-state index is -3.43. The molecule has 0 atom stereocenters. The summed E-state index contributed by atoms with van der Waals surface area (Å²) in [4.78, 5) is 12.1. The summed E-state index contributed by atoms with van der Waals surface area (Å²) < 4.78 is 30.4. The quantitative estimate of drug-likeness (QED) is 0.837. The lowest BCUT2D eigenvalue weighted by Crippen LogP contribution is -2.41. The van der Waals surface area contributed by atoms with Gasteiger partial charge in [0.15, 0.2) is 0 Å². The monoisotopic (exact) mass is 360 g/mol. The molecule has 1 aliphatic heterocycles. The lowest BCUT2D eigenvalue weighted by atomic mass is 9.99. The number of anilines is 1. The molecular weight excluding hydrogens is 340 g/mol. The molecule has 0 aromatic heterocycles. The van der Waals surface area contributed by atoms with Crippen LogP contribution in [0.4, 0.5) is 5.69 Å². The first-order valence-electron chi connectivity index (χ1n) is 7.46. The fourth-order valence-corrected chi connectivity index (χ4v) is 3.53. The van der Waals surface area contributed by atoms with Crippen molar-refractivity contribution in [2.75, 3.05) is 36.9 Å². The van der Waals surface area contributed by atoms with Crippen LogP contribution in [0.25, 0.3) is 0 Å². The highest BCUT2D eigenvalue weighted by Crippen LogP contribution is 2.20. The topological polar surface area (TPSA) is 75.7 Å². The predicted octanol–water partition coefficient (Wildman–Crippen LogP) is 1.65. The zero-order valence-electron chi connectivity index (χ0n) is 13.0. The predicted molar refractivity (Wildman–Crippen MR) is 90.2 cm³/mol. The number of nitrogens with one attached hydrogen (secondary N) is 1. The molecule has 23 heavy (non-hydrogen) atoms. The van der Waals surface area contributed by atoms with Crippen molar-refractivity contribution in [1.29, 1.82) is 0 Å². The van der Waals surface area contributed by atoms with E-state index >= 15 is 0 Å². The van der Waals surface area contributed by atoms with Crippen LogP contribution < -0.4 is 9.62 Å². The number of halogens is 1. The zero-order valence-corrected chi connectivity index (χ0v) is 14.6. The number of nitrogens with zero attached hydrogens (tertiary/aromatic N) is 1. The Morgan fingerprint density at radius 2 is 1.91 bits per heavy atom. The fourth-order valence-electron chi connectivity index (χ4n) is 2.48. The van der Waals surface area contributed by atoms with Gasteiger partial charge in [0.1, 0.15) is 0 Å². The van der Waals surface area contributed by atoms with E-state index in [1.54, 1.807) is 24.3 Å². The molecule has 8 heteroatoms. The number of hydrogen-bond donors (Lipinski definition) is 1. The van der Waals surface area contributed by atoms with E-state index in [-0.39, 0.29) is 24.9 Å². The highest BCUT2D eigenvalue weighted by Gasteiger charge is 2.22. The summed E-state index contributed by atoms with van der Waals surface area (Å²) in [5.41, 5.74) is 0.525. The van der Waals surface area contributed by atoms with Gasteiger partial charge >= 0.3 is 0 Å². The van der Waals surface area contributed by atoms with Crippen molar-refractivity contribution < 1.29 is 17.9 Å². The SMILES string of the molecule is CS(=O)(=O)N(CCNC(=O)C1CCOCC1)c1ccc(Cl)cc1. The maximum absolute atomic E-state index is 12.1. The maximum atomic E-state index is 12.1. The lowest BCUT2D eigenvalue weighted by Gasteiger charge is -2.24. The number of ether oxygens (including phenoxy) is 1. The first kappa shape index (κ1) is 18.0. The van der Waals surface area contributed by atoms with Crippen LogP contribution in [0.15, 0.2) is 24.3 Å². The Hall–Kier alpha value is -1.31. The van der Waals surface area contributed by atoms with Crippen molar-refractivity contribution in [2.24, 2.45) is 5.92 Å². The molecule has 0 aliphatic carbocycles. The van der Waals surface area contributed by atoms with Crippen molar-refractivity contribution in [3.8, 4) is 0 Å². The Balaban J connectivity index is 1.94. The van der Waals surface area contributed by atoms with Crippen LogP contribution in [0, 0.1) is 5.92 Å². The van der Waals surface area contributed by atoms with Crippen LogP contribution in [0.5, 0.6) is 0 Å². The summed E-state index contributed by atoms with van der Waals surface area (Å²) in [6, 6.07) is 6.55. The molecule has 1 aromatic rings. The van der Waals surface area contributed by atoms with Crippen LogP contribution >= 0.6 is 11.6 Å². The second kappa shape index (κ2) is 7.99. The van der Waals surface area contributed by atoms with Crippen LogP contribution in [0.1, 0.15) is 12.8 Å². The summed E-state index contributed by atoms with van der Waals surface area (Å²) in [6.45, 7) is 1.62. The van der Waals surface area contributed by atoms with Crippen molar-refractivity contribution >= 4 is 33.2 Å². The lowest BCUT2D eigenvalue weighted by molar-refractivity contribution is -0.127. The molecule has 1 fully saturated rings. The van der Waals surface area contributed by atoms with Crippen LogP contribution in [0.2, 0.25) is 5.02 Å². The van der Waals surface area contributed by atoms with Gasteiger partial charge in [0.05, 0.1) is 18.5 Å². The second-order valence-corrected chi connectivity index (χ2v) is 7.83. The van der Waals surface area contributed by atoms with E-state index in [0.29, 0.717) is 36.8 Å². The van der Waals surface area contributed by atoms with Crippen molar-refractivity contribution in [3.63, 3.8) is 0 Å². The molecule has 1 saturated heterocycles. The number of sulfonamides is 1. The third-order valence-corrected chi connectivity index (χ3v) is 5.17. The first-order valence-corrected chi connectivity index (χ1v) is 9.69. The van der Waals surface area contributed by atoms with Crippen LogP contribution in [-0.4, -0.2) is 46.9 Å². The third kappa shape index (κ3) is 5.37. The number of rotatable bonds is 6. The maximum Gasteiger partial charge on any atom is 0.232 e. The van der Waals surface area contributed by atoms with E-state index in [2.05, 4.69) is 5.32 Å². The number of carbonyl (C=O) groups excluding carboxylic acids is 1. The smallest absolute Gasteiger partial charge is 0.232 e. The first-order chi connectivity index (χ1) is 10.9. The third-order valence-electron chi connectivity index (χ3n) is 3.72. The van der Waals surface area contributed by atoms with Gasteiger partial charge in [0.2, 0.25) is 15.9 Å². The Kier molecular flexibility index (Phi) is 6.26. The number of amides is 1. The minimum absolute atomic E-state index is 0.0437. The molecule has 0 unspecified atom stereocenters. The highest BCUT2D eigenvalue weighted by atomic mass is 35.5. The molecular formula is C15H21ClN2O4S. The Morgan fingerprint density at radius 1 is 1.30 bits per heavy atom. The molecule has 0 bridgehead atoms. The molecule has 1 amide bonds. The summed E-state index contributed by atoms with van der Waals surface area (Å²) >= 11 is 5.83. The standard InChI is InChI=1S/C15H21ClN2O4S/c1-23(20,21)18(14-4-2-13(16)3-5-14)9-8-17-15(19)12-6-10-22-11-7-12/h2-5,12H,6-11H2,1H3,(H,17,19). The van der Waals surface area contributed by atoms with E-state index in [0.717, 1.165) is 6.26 Å². The summed E-state index contributed by atoms with van der Waals surface area (Å²) in [5.74, 6) is -0.0937. The summed E-state index contributed by atoms with van der Waals surface area (Å²) in [6.07, 6.45) is 2.56. The Labute approximate surface area is 141 Å². The number of hydrogen-bond acceptors (Lipinski definition) is 4. The largest absolute Gasteiger partial charge is 0.381 e. The van der Waals surface area contributed by atoms with Gasteiger partial charge in [0.25, 0.3) is 0 Å². The van der Waals surface area contributed by atoms with E-state index in [4.69, 9.17) is 16.3 Å². The Bertz CT molecular complexity index is 627. The molecule has 1 heterocycles. The molecule has 2 rings (SSSR count). The van der Waals surface area contributed by atoms with Gasteiger partial charge in [-0.3, -0.25) is 9.10 Å².